The van der Waals surface area contributed by atoms with Gasteiger partial charge in [0.1, 0.15) is 28.1 Å². The molecule has 32 heavy (non-hydrogen) atoms. The minimum absolute atomic E-state index is 0.0241. The monoisotopic (exact) mass is 470 g/mol. The van der Waals surface area contributed by atoms with E-state index in [9.17, 15) is 14.4 Å². The highest BCUT2D eigenvalue weighted by Gasteiger charge is 2.18. The molecule has 0 spiro atoms. The van der Waals surface area contributed by atoms with E-state index in [0.29, 0.717) is 32.9 Å². The summed E-state index contributed by atoms with van der Waals surface area (Å²) in [5, 5.41) is 0.889. The summed E-state index contributed by atoms with van der Waals surface area (Å²) in [6, 6.07) is 6.88. The van der Waals surface area contributed by atoms with Gasteiger partial charge in [-0.1, -0.05) is 12.1 Å². The van der Waals surface area contributed by atoms with E-state index in [1.807, 2.05) is 32.9 Å². The van der Waals surface area contributed by atoms with Crippen LogP contribution in [0.5, 0.6) is 0 Å². The molecule has 0 aliphatic heterocycles. The molecule has 4 rings (SSSR count). The highest BCUT2D eigenvalue weighted by atomic mass is 32.2. The fourth-order valence-corrected chi connectivity index (χ4v) is 5.16. The van der Waals surface area contributed by atoms with Crippen LogP contribution in [0.15, 0.2) is 38.3 Å². The van der Waals surface area contributed by atoms with E-state index in [-0.39, 0.29) is 12.2 Å². The summed E-state index contributed by atoms with van der Waals surface area (Å²) < 4.78 is 10.7. The van der Waals surface area contributed by atoms with Gasteiger partial charge in [-0.3, -0.25) is 9.59 Å². The lowest BCUT2D eigenvalue weighted by molar-refractivity contribution is -0.143. The SMILES string of the molecule is Cc1ccc2c(COC(=O)C(C)SCc3nc4sc(C)c(C)c4c(=O)[nH]3)cc(=O)oc2c1. The first-order chi connectivity index (χ1) is 15.2. The molecule has 1 unspecified atom stereocenters. The Morgan fingerprint density at radius 3 is 2.81 bits per heavy atom. The van der Waals surface area contributed by atoms with Gasteiger partial charge in [-0.25, -0.2) is 9.78 Å². The van der Waals surface area contributed by atoms with Crippen LogP contribution >= 0.6 is 23.1 Å². The Bertz CT molecular complexity index is 1450. The van der Waals surface area contributed by atoms with Gasteiger partial charge in [-0.05, 0) is 44.9 Å². The van der Waals surface area contributed by atoms with Gasteiger partial charge in [0, 0.05) is 21.9 Å². The Balaban J connectivity index is 1.42. The average Bonchev–Trinajstić information content (AvgIpc) is 3.03. The molecule has 0 amide bonds. The molecule has 0 saturated heterocycles. The minimum Gasteiger partial charge on any atom is -0.460 e. The maximum atomic E-state index is 12.5. The fraction of sp³-hybridized carbons (Fsp3) is 0.304. The molecule has 0 bridgehead atoms. The van der Waals surface area contributed by atoms with Crippen molar-refractivity contribution in [2.75, 3.05) is 0 Å². The number of rotatable bonds is 6. The zero-order valence-corrected chi connectivity index (χ0v) is 19.7. The van der Waals surface area contributed by atoms with Crippen molar-refractivity contribution in [1.82, 2.24) is 9.97 Å². The quantitative estimate of drug-likeness (QED) is 0.329. The van der Waals surface area contributed by atoms with Crippen molar-refractivity contribution in [1.29, 1.82) is 0 Å². The molecule has 0 radical (unpaired) electrons. The van der Waals surface area contributed by atoms with E-state index in [0.717, 1.165) is 21.4 Å². The van der Waals surface area contributed by atoms with Gasteiger partial charge in [0.2, 0.25) is 0 Å². The Morgan fingerprint density at radius 2 is 2.03 bits per heavy atom. The third kappa shape index (κ3) is 4.49. The summed E-state index contributed by atoms with van der Waals surface area (Å²) in [4.78, 5) is 45.9. The predicted molar refractivity (Wildman–Crippen MR) is 127 cm³/mol. The van der Waals surface area contributed by atoms with Crippen LogP contribution in [0.1, 0.15) is 34.3 Å². The van der Waals surface area contributed by atoms with Crippen LogP contribution in [0.4, 0.5) is 0 Å². The van der Waals surface area contributed by atoms with Crippen LogP contribution in [0.25, 0.3) is 21.2 Å². The molecule has 1 atom stereocenters. The van der Waals surface area contributed by atoms with E-state index >= 15 is 0 Å². The first kappa shape index (κ1) is 22.3. The summed E-state index contributed by atoms with van der Waals surface area (Å²) in [5.74, 6) is 0.486. The Labute approximate surface area is 191 Å². The zero-order chi connectivity index (χ0) is 23.0. The molecule has 9 heteroatoms. The molecule has 1 aromatic carbocycles. The molecule has 7 nitrogen and oxygen atoms in total. The second kappa shape index (κ2) is 8.91. The van der Waals surface area contributed by atoms with Gasteiger partial charge in [-0.2, -0.15) is 0 Å². The van der Waals surface area contributed by atoms with Gasteiger partial charge in [-0.15, -0.1) is 23.1 Å². The van der Waals surface area contributed by atoms with Crippen molar-refractivity contribution in [3.05, 3.63) is 72.4 Å². The number of fused-ring (bicyclic) bond motifs is 2. The van der Waals surface area contributed by atoms with Gasteiger partial charge < -0.3 is 14.1 Å². The third-order valence-corrected chi connectivity index (χ3v) is 7.48. The number of nitrogens with one attached hydrogen (secondary N) is 1. The molecule has 4 aromatic rings. The number of carbonyl (C=O) groups excluding carboxylic acids is 1. The number of ether oxygens (including phenoxy) is 1. The first-order valence-electron chi connectivity index (χ1n) is 10.0. The molecule has 0 aliphatic rings. The first-order valence-corrected chi connectivity index (χ1v) is 11.9. The lowest BCUT2D eigenvalue weighted by atomic mass is 10.1. The number of benzene rings is 1. The molecule has 0 aliphatic carbocycles. The number of hydrogen-bond acceptors (Lipinski definition) is 8. The van der Waals surface area contributed by atoms with Crippen molar-refractivity contribution >= 4 is 50.3 Å². The predicted octanol–water partition coefficient (Wildman–Crippen LogP) is 4.38. The molecule has 3 aromatic heterocycles. The highest BCUT2D eigenvalue weighted by molar-refractivity contribution is 7.99. The molecule has 166 valence electrons. The molecule has 0 saturated carbocycles. The van der Waals surface area contributed by atoms with E-state index < -0.39 is 16.8 Å². The molecule has 3 heterocycles. The summed E-state index contributed by atoms with van der Waals surface area (Å²) in [6.07, 6.45) is 0. The molecule has 1 N–H and O–H groups in total. The number of carbonyl (C=O) groups is 1. The van der Waals surface area contributed by atoms with Crippen molar-refractivity contribution in [3.63, 3.8) is 0 Å². The largest absolute Gasteiger partial charge is 0.460 e. The van der Waals surface area contributed by atoms with Crippen LogP contribution in [-0.2, 0) is 21.9 Å². The Morgan fingerprint density at radius 1 is 1.25 bits per heavy atom. The summed E-state index contributed by atoms with van der Waals surface area (Å²) in [7, 11) is 0. The maximum Gasteiger partial charge on any atom is 0.336 e. The molecular weight excluding hydrogens is 448 g/mol. The van der Waals surface area contributed by atoms with Gasteiger partial charge in [0.05, 0.1) is 11.1 Å². The van der Waals surface area contributed by atoms with E-state index in [2.05, 4.69) is 9.97 Å². The number of aryl methyl sites for hydroxylation is 3. The van der Waals surface area contributed by atoms with Crippen LogP contribution in [-0.4, -0.2) is 21.2 Å². The Kier molecular flexibility index (Phi) is 6.21. The second-order valence-electron chi connectivity index (χ2n) is 7.63. The number of H-pyrrole nitrogens is 1. The molecular formula is C23H22N2O5S2. The van der Waals surface area contributed by atoms with Gasteiger partial charge in [0.15, 0.2) is 0 Å². The molecule has 0 fully saturated rings. The van der Waals surface area contributed by atoms with Crippen molar-refractivity contribution in [2.45, 2.75) is 45.3 Å². The van der Waals surface area contributed by atoms with Crippen LogP contribution in [0.2, 0.25) is 0 Å². The lowest BCUT2D eigenvalue weighted by Crippen LogP contribution is -2.18. The van der Waals surface area contributed by atoms with E-state index in [4.69, 9.17) is 9.15 Å². The normalized spacial score (nSPS) is 12.4. The van der Waals surface area contributed by atoms with Crippen molar-refractivity contribution in [2.24, 2.45) is 0 Å². The summed E-state index contributed by atoms with van der Waals surface area (Å²) in [5.41, 5.74) is 2.34. The van der Waals surface area contributed by atoms with E-state index in [1.165, 1.54) is 29.2 Å². The number of aromatic nitrogens is 2. The zero-order valence-electron chi connectivity index (χ0n) is 18.1. The Hall–Kier alpha value is -2.91. The minimum atomic E-state index is -0.485. The smallest absolute Gasteiger partial charge is 0.336 e. The van der Waals surface area contributed by atoms with Gasteiger partial charge in [0.25, 0.3) is 5.56 Å². The van der Waals surface area contributed by atoms with E-state index in [1.54, 1.807) is 13.0 Å². The summed E-state index contributed by atoms with van der Waals surface area (Å²) >= 11 is 2.82. The number of nitrogens with zero attached hydrogens (tertiary/aromatic N) is 1. The van der Waals surface area contributed by atoms with Crippen molar-refractivity contribution in [3.8, 4) is 0 Å². The highest BCUT2D eigenvalue weighted by Crippen LogP contribution is 2.27. The second-order valence-corrected chi connectivity index (χ2v) is 10.2. The topological polar surface area (TPSA) is 102 Å². The van der Waals surface area contributed by atoms with Crippen LogP contribution in [0, 0.1) is 20.8 Å². The number of hydrogen-bond donors (Lipinski definition) is 1. The van der Waals surface area contributed by atoms with Crippen LogP contribution in [0.3, 0.4) is 0 Å². The third-order valence-electron chi connectivity index (χ3n) is 5.25. The van der Waals surface area contributed by atoms with Crippen LogP contribution < -0.4 is 11.2 Å². The lowest BCUT2D eigenvalue weighted by Gasteiger charge is -2.12. The van der Waals surface area contributed by atoms with Gasteiger partial charge >= 0.3 is 11.6 Å². The standard InChI is InChI=1S/C23H22N2O5S2/c1-11-5-6-16-15(8-19(26)30-17(16)7-11)9-29-23(28)14(4)31-10-18-24-21(27)20-12(2)13(3)32-22(20)25-18/h5-8,14H,9-10H2,1-4H3,(H,24,25,27). The number of thiophene rings is 1. The number of esters is 1. The summed E-state index contributed by atoms with van der Waals surface area (Å²) in [6.45, 7) is 7.51. The van der Waals surface area contributed by atoms with Crippen molar-refractivity contribution < 1.29 is 13.9 Å². The average molecular weight is 471 g/mol. The maximum absolute atomic E-state index is 12.5. The fourth-order valence-electron chi connectivity index (χ4n) is 3.36. The number of aromatic amines is 1. The number of thioether (sulfide) groups is 1.